The van der Waals surface area contributed by atoms with Crippen LogP contribution < -0.4 is 9.47 Å². The molecule has 120 valence electrons. The number of hydrogen-bond donors (Lipinski definition) is 1. The third-order valence-electron chi connectivity index (χ3n) is 4.21. The van der Waals surface area contributed by atoms with Crippen molar-refractivity contribution in [2.45, 2.75) is 5.60 Å². The van der Waals surface area contributed by atoms with Crippen LogP contribution in [0.15, 0.2) is 60.7 Å². The van der Waals surface area contributed by atoms with E-state index in [0.717, 1.165) is 16.5 Å². The summed E-state index contributed by atoms with van der Waals surface area (Å²) in [5, 5.41) is 13.0. The van der Waals surface area contributed by atoms with Crippen LogP contribution in [-0.4, -0.2) is 19.3 Å². The van der Waals surface area contributed by atoms with Crippen LogP contribution >= 0.6 is 0 Å². The van der Waals surface area contributed by atoms with Gasteiger partial charge in [-0.25, -0.2) is 0 Å². The van der Waals surface area contributed by atoms with Crippen LogP contribution in [0.3, 0.4) is 0 Å². The molecule has 0 radical (unpaired) electrons. The van der Waals surface area contributed by atoms with Crippen LogP contribution in [0.25, 0.3) is 10.8 Å². The minimum atomic E-state index is -1.54. The molecule has 0 saturated heterocycles. The molecule has 1 N–H and O–H groups in total. The van der Waals surface area contributed by atoms with Gasteiger partial charge in [-0.1, -0.05) is 48.4 Å². The molecule has 3 heteroatoms. The Kier molecular flexibility index (Phi) is 4.16. The molecule has 0 aliphatic carbocycles. The Morgan fingerprint density at radius 1 is 0.875 bits per heavy atom. The van der Waals surface area contributed by atoms with Crippen molar-refractivity contribution in [1.82, 2.24) is 0 Å². The molecule has 0 heterocycles. The van der Waals surface area contributed by atoms with Crippen LogP contribution in [0, 0.1) is 12.3 Å². The van der Waals surface area contributed by atoms with E-state index in [-0.39, 0.29) is 0 Å². The van der Waals surface area contributed by atoms with Crippen LogP contribution in [0.4, 0.5) is 0 Å². The van der Waals surface area contributed by atoms with Crippen molar-refractivity contribution in [3.05, 3.63) is 71.8 Å². The fourth-order valence-corrected chi connectivity index (χ4v) is 2.91. The van der Waals surface area contributed by atoms with Crippen molar-refractivity contribution in [3.63, 3.8) is 0 Å². The maximum atomic E-state index is 11.3. The van der Waals surface area contributed by atoms with Crippen molar-refractivity contribution in [2.75, 3.05) is 14.2 Å². The van der Waals surface area contributed by atoms with Gasteiger partial charge in [-0.3, -0.25) is 0 Å². The highest BCUT2D eigenvalue weighted by Gasteiger charge is 2.31. The molecule has 0 aliphatic heterocycles. The average Bonchev–Trinajstić information content (AvgIpc) is 2.66. The van der Waals surface area contributed by atoms with E-state index in [1.807, 2.05) is 36.4 Å². The van der Waals surface area contributed by atoms with E-state index >= 15 is 0 Å². The van der Waals surface area contributed by atoms with Gasteiger partial charge in [0, 0.05) is 16.5 Å². The fourth-order valence-electron chi connectivity index (χ4n) is 2.91. The Bertz CT molecular complexity index is 907. The average molecular weight is 318 g/mol. The van der Waals surface area contributed by atoms with Gasteiger partial charge in [0.05, 0.1) is 14.2 Å². The summed E-state index contributed by atoms with van der Waals surface area (Å²) in [6.45, 7) is 0. The smallest absolute Gasteiger partial charge is 0.177 e. The molecular weight excluding hydrogens is 300 g/mol. The zero-order chi connectivity index (χ0) is 17.2. The number of aliphatic hydroxyl groups is 1. The Hall–Kier alpha value is -2.96. The van der Waals surface area contributed by atoms with Gasteiger partial charge in [-0.15, -0.1) is 6.42 Å². The van der Waals surface area contributed by atoms with Crippen LogP contribution in [0.2, 0.25) is 0 Å². The van der Waals surface area contributed by atoms with Gasteiger partial charge in [-0.2, -0.15) is 0 Å². The maximum Gasteiger partial charge on any atom is 0.177 e. The fraction of sp³-hybridized carbons (Fsp3) is 0.143. The van der Waals surface area contributed by atoms with Crippen molar-refractivity contribution >= 4 is 10.8 Å². The molecule has 3 nitrogen and oxygen atoms in total. The lowest BCUT2D eigenvalue weighted by Gasteiger charge is -2.25. The number of hydrogen-bond acceptors (Lipinski definition) is 3. The topological polar surface area (TPSA) is 38.7 Å². The summed E-state index contributed by atoms with van der Waals surface area (Å²) >= 11 is 0. The molecule has 0 spiro atoms. The van der Waals surface area contributed by atoms with Gasteiger partial charge in [0.15, 0.2) is 5.60 Å². The number of ether oxygens (including phenoxy) is 2. The first-order valence-electron chi connectivity index (χ1n) is 7.55. The molecule has 0 bridgehead atoms. The van der Waals surface area contributed by atoms with Gasteiger partial charge in [0.1, 0.15) is 11.5 Å². The van der Waals surface area contributed by atoms with Gasteiger partial charge in [-0.05, 0) is 23.6 Å². The summed E-state index contributed by atoms with van der Waals surface area (Å²) in [6.07, 6.45) is 5.74. The Morgan fingerprint density at radius 2 is 1.54 bits per heavy atom. The highest BCUT2D eigenvalue weighted by atomic mass is 16.5. The second kappa shape index (κ2) is 6.27. The Balaban J connectivity index is 2.24. The van der Waals surface area contributed by atoms with E-state index in [2.05, 4.69) is 5.92 Å². The van der Waals surface area contributed by atoms with E-state index in [9.17, 15) is 5.11 Å². The molecule has 0 aromatic heterocycles. The lowest BCUT2D eigenvalue weighted by molar-refractivity contribution is 0.147. The first-order valence-corrected chi connectivity index (χ1v) is 7.55. The molecule has 0 saturated carbocycles. The predicted molar refractivity (Wildman–Crippen MR) is 95.3 cm³/mol. The molecule has 3 aromatic carbocycles. The predicted octanol–water partition coefficient (Wildman–Crippen LogP) is 3.73. The van der Waals surface area contributed by atoms with E-state index in [1.54, 1.807) is 38.5 Å². The lowest BCUT2D eigenvalue weighted by atomic mass is 9.84. The normalized spacial score (nSPS) is 13.1. The minimum absolute atomic E-state index is 0.612. The van der Waals surface area contributed by atoms with Gasteiger partial charge in [0.25, 0.3) is 0 Å². The van der Waals surface area contributed by atoms with Gasteiger partial charge in [0.2, 0.25) is 0 Å². The number of fused-ring (bicyclic) bond motifs is 1. The molecule has 1 atom stereocenters. The highest BCUT2D eigenvalue weighted by Crippen LogP contribution is 2.37. The van der Waals surface area contributed by atoms with E-state index in [4.69, 9.17) is 15.9 Å². The molecule has 1 unspecified atom stereocenters. The maximum absolute atomic E-state index is 11.3. The number of rotatable bonds is 4. The van der Waals surface area contributed by atoms with Gasteiger partial charge < -0.3 is 14.6 Å². The molecule has 3 aromatic rings. The molecule has 0 amide bonds. The van der Waals surface area contributed by atoms with Gasteiger partial charge >= 0.3 is 0 Å². The van der Waals surface area contributed by atoms with E-state index in [1.165, 1.54) is 0 Å². The number of benzene rings is 3. The van der Waals surface area contributed by atoms with E-state index in [0.29, 0.717) is 16.9 Å². The third kappa shape index (κ3) is 2.47. The van der Waals surface area contributed by atoms with Crippen molar-refractivity contribution in [2.24, 2.45) is 0 Å². The molecule has 0 aliphatic rings. The molecule has 0 fully saturated rings. The Morgan fingerprint density at radius 3 is 2.12 bits per heavy atom. The standard InChI is InChI=1S/C21H18O3/c1-4-21(22,15-9-11-16(23-2)12-10-15)19-13-14-20(24-3)18-8-6-5-7-17(18)19/h1,5-14,22H,2-3H3. The number of terminal acetylenes is 1. The van der Waals surface area contributed by atoms with E-state index < -0.39 is 5.60 Å². The summed E-state index contributed by atoms with van der Waals surface area (Å²) < 4.78 is 10.6. The zero-order valence-electron chi connectivity index (χ0n) is 13.6. The zero-order valence-corrected chi connectivity index (χ0v) is 13.6. The molecule has 24 heavy (non-hydrogen) atoms. The second-order valence-electron chi connectivity index (χ2n) is 5.44. The first-order chi connectivity index (χ1) is 11.6. The molecule has 3 rings (SSSR count). The summed E-state index contributed by atoms with van der Waals surface area (Å²) in [4.78, 5) is 0. The first kappa shape index (κ1) is 15.9. The summed E-state index contributed by atoms with van der Waals surface area (Å²) in [5.41, 5.74) is -0.286. The Labute approximate surface area is 141 Å². The third-order valence-corrected chi connectivity index (χ3v) is 4.21. The monoisotopic (exact) mass is 318 g/mol. The summed E-state index contributed by atoms with van der Waals surface area (Å²) in [5.74, 6) is 4.00. The summed E-state index contributed by atoms with van der Waals surface area (Å²) in [6, 6.07) is 18.5. The SMILES string of the molecule is C#CC(O)(c1ccc(OC)cc1)c1ccc(OC)c2ccccc12. The van der Waals surface area contributed by atoms with Crippen LogP contribution in [0.5, 0.6) is 11.5 Å². The van der Waals surface area contributed by atoms with Crippen LogP contribution in [0.1, 0.15) is 11.1 Å². The highest BCUT2D eigenvalue weighted by molar-refractivity contribution is 5.92. The second-order valence-corrected chi connectivity index (χ2v) is 5.44. The summed E-state index contributed by atoms with van der Waals surface area (Å²) in [7, 11) is 3.22. The largest absolute Gasteiger partial charge is 0.497 e. The molecular formula is C21H18O3. The lowest BCUT2D eigenvalue weighted by Crippen LogP contribution is -2.25. The van der Waals surface area contributed by atoms with Crippen molar-refractivity contribution in [3.8, 4) is 23.8 Å². The van der Waals surface area contributed by atoms with Crippen molar-refractivity contribution < 1.29 is 14.6 Å². The number of methoxy groups -OCH3 is 2. The van der Waals surface area contributed by atoms with Crippen molar-refractivity contribution in [1.29, 1.82) is 0 Å². The quantitative estimate of drug-likeness (QED) is 0.745. The minimum Gasteiger partial charge on any atom is -0.497 e. The van der Waals surface area contributed by atoms with Crippen LogP contribution in [-0.2, 0) is 5.60 Å².